The van der Waals surface area contributed by atoms with Gasteiger partial charge in [0.05, 0.1) is 0 Å². The molecule has 7 heteroatoms. The quantitative estimate of drug-likeness (QED) is 0.271. The number of rotatable bonds is 3. The van der Waals surface area contributed by atoms with E-state index in [1.54, 1.807) is 0 Å². The summed E-state index contributed by atoms with van der Waals surface area (Å²) in [6.45, 7) is 0.00801. The van der Waals surface area contributed by atoms with E-state index in [4.69, 9.17) is 4.55 Å². The Kier molecular flexibility index (Phi) is 4.60. The average Bonchev–Trinajstić information content (AvgIpc) is 1.78. The molecule has 0 aliphatic carbocycles. The van der Waals surface area contributed by atoms with E-state index in [0.29, 0.717) is 0 Å². The van der Waals surface area contributed by atoms with Crippen LogP contribution < -0.4 is 5.32 Å². The van der Waals surface area contributed by atoms with Gasteiger partial charge in [0.1, 0.15) is 0 Å². The second-order valence-corrected chi connectivity index (χ2v) is 3.39. The molecular weight excluding hydrogens is 177 g/mol. The third kappa shape index (κ3) is 7.88. The van der Waals surface area contributed by atoms with Gasteiger partial charge in [-0.05, 0) is 0 Å². The van der Waals surface area contributed by atoms with E-state index < -0.39 is 15.9 Å². The summed E-state index contributed by atoms with van der Waals surface area (Å²) in [5.41, 5.74) is 0. The minimum absolute atomic E-state index is 0.00801. The molecule has 0 heterocycles. The zero-order chi connectivity index (χ0) is 8.04. The molecule has 0 aliphatic rings. The van der Waals surface area contributed by atoms with Crippen molar-refractivity contribution in [2.45, 2.75) is 0 Å². The van der Waals surface area contributed by atoms with Crippen molar-refractivity contribution >= 4 is 18.0 Å². The summed E-state index contributed by atoms with van der Waals surface area (Å²) in [5.74, 6) is 1.70. The molecule has 0 saturated carbocycles. The molecule has 0 aromatic rings. The van der Waals surface area contributed by atoms with Gasteiger partial charge in [0.15, 0.2) is 0 Å². The van der Waals surface area contributed by atoms with Crippen molar-refractivity contribution in [2.24, 2.45) is 0 Å². The van der Waals surface area contributed by atoms with Crippen LogP contribution in [0.4, 0.5) is 0 Å². The van der Waals surface area contributed by atoms with Crippen molar-refractivity contribution in [3.63, 3.8) is 0 Å². The van der Waals surface area contributed by atoms with Crippen molar-refractivity contribution in [3.8, 4) is 5.75 Å². The first kappa shape index (κ1) is 9.88. The number of nitrogens with one attached hydrogen (secondary N) is 1. The second kappa shape index (κ2) is 4.66. The summed E-state index contributed by atoms with van der Waals surface area (Å²) in [5, 5.41) is 2.28. The average molecular weight is 183 g/mol. The molecule has 0 atom stereocenters. The van der Waals surface area contributed by atoms with Gasteiger partial charge in [0.25, 0.3) is 0 Å². The van der Waals surface area contributed by atoms with E-state index in [-0.39, 0.29) is 14.5 Å². The van der Waals surface area contributed by atoms with Gasteiger partial charge in [0.2, 0.25) is 0 Å². The van der Waals surface area contributed by atoms with Gasteiger partial charge in [0, 0.05) is 0 Å². The third-order valence-electron chi connectivity index (χ3n) is 0.610. The fourth-order valence-corrected chi connectivity index (χ4v) is 0.805. The van der Waals surface area contributed by atoms with Crippen LogP contribution in [0, 0.1) is 5.75 Å². The van der Waals surface area contributed by atoms with Crippen molar-refractivity contribution in [3.05, 3.63) is 0 Å². The maximum atomic E-state index is 10.0. The molecule has 0 radical (unpaired) electrons. The van der Waals surface area contributed by atoms with Crippen LogP contribution in [0.2, 0.25) is 0 Å². The number of hydrogen-bond acceptors (Lipinski definition) is 4. The number of hydrogen-bond donors (Lipinski definition) is 2. The van der Waals surface area contributed by atoms with Crippen LogP contribution in [0.15, 0.2) is 0 Å². The van der Waals surface area contributed by atoms with Crippen LogP contribution in [-0.4, -0.2) is 25.3 Å². The molecule has 0 rings (SSSR count). The monoisotopic (exact) mass is 183 g/mol. The van der Waals surface area contributed by atoms with E-state index in [9.17, 15) is 13.0 Å². The van der Waals surface area contributed by atoms with Gasteiger partial charge in [-0.2, -0.15) is 0 Å². The summed E-state index contributed by atoms with van der Waals surface area (Å²) in [7, 11) is -4.25. The fourth-order valence-electron chi connectivity index (χ4n) is 0.268. The minimum atomic E-state index is -3.91. The standard InChI is InChI=1S/C3H6NO4PS/c5-9-3-4-1-2-10(6,7)8/h4H,1-2H2,(H,6,7,8). The summed E-state index contributed by atoms with van der Waals surface area (Å²) < 4.78 is 37.8. The third-order valence-corrected chi connectivity index (χ3v) is 1.58. The Morgan fingerprint density at radius 2 is 2.20 bits per heavy atom. The van der Waals surface area contributed by atoms with Gasteiger partial charge < -0.3 is 0 Å². The van der Waals surface area contributed by atoms with Crippen LogP contribution >= 0.6 is 7.92 Å². The normalized spacial score (nSPS) is 10.5. The SMILES string of the molecule is O=P#CNCCS(=O)(=O)O. The van der Waals surface area contributed by atoms with Gasteiger partial charge >= 0.3 is 58.9 Å². The molecule has 5 nitrogen and oxygen atoms in total. The first-order chi connectivity index (χ1) is 4.56. The zero-order valence-corrected chi connectivity index (χ0v) is 6.65. The van der Waals surface area contributed by atoms with Crippen LogP contribution in [0.3, 0.4) is 0 Å². The summed E-state index contributed by atoms with van der Waals surface area (Å²) in [4.78, 5) is 0. The Morgan fingerprint density at radius 3 is 2.60 bits per heavy atom. The molecule has 0 fully saturated rings. The van der Waals surface area contributed by atoms with E-state index in [1.165, 1.54) is 0 Å². The summed E-state index contributed by atoms with van der Waals surface area (Å²) in [6, 6.07) is 0. The maximum absolute atomic E-state index is 10.0. The Bertz CT molecular complexity index is 277. The Hall–Kier alpha value is -0.120. The molecule has 58 valence electrons. The molecule has 0 bridgehead atoms. The van der Waals surface area contributed by atoms with Crippen LogP contribution in [0.25, 0.3) is 0 Å². The van der Waals surface area contributed by atoms with Gasteiger partial charge in [-0.3, -0.25) is 0 Å². The molecular formula is C3H6NO4PS. The second-order valence-electron chi connectivity index (χ2n) is 1.42. The molecule has 0 spiro atoms. The molecule has 0 saturated heterocycles. The predicted octanol–water partition coefficient (Wildman–Crippen LogP) is -0.328. The van der Waals surface area contributed by atoms with Crippen molar-refractivity contribution in [1.29, 1.82) is 0 Å². The van der Waals surface area contributed by atoms with Crippen LogP contribution in [-0.2, 0) is 14.7 Å². The first-order valence-electron chi connectivity index (χ1n) is 2.31. The van der Waals surface area contributed by atoms with E-state index in [0.717, 1.165) is 0 Å². The van der Waals surface area contributed by atoms with E-state index in [2.05, 4.69) is 11.1 Å². The first-order valence-corrected chi connectivity index (χ1v) is 4.74. The van der Waals surface area contributed by atoms with Crippen molar-refractivity contribution in [2.75, 3.05) is 12.3 Å². The van der Waals surface area contributed by atoms with Crippen LogP contribution in [0.5, 0.6) is 0 Å². The topological polar surface area (TPSA) is 83.5 Å². The van der Waals surface area contributed by atoms with E-state index in [1.807, 2.05) is 0 Å². The zero-order valence-electron chi connectivity index (χ0n) is 4.94. The van der Waals surface area contributed by atoms with E-state index >= 15 is 0 Å². The molecule has 10 heavy (non-hydrogen) atoms. The molecule has 0 aromatic heterocycles. The molecule has 0 aliphatic heterocycles. The predicted molar refractivity (Wildman–Crippen MR) is 35.9 cm³/mol. The Labute approximate surface area is 59.7 Å². The van der Waals surface area contributed by atoms with Crippen molar-refractivity contribution < 1.29 is 17.5 Å². The Morgan fingerprint density at radius 1 is 1.60 bits per heavy atom. The van der Waals surface area contributed by atoms with Gasteiger partial charge in [-0.1, -0.05) is 0 Å². The van der Waals surface area contributed by atoms with Crippen LogP contribution in [0.1, 0.15) is 0 Å². The molecule has 0 aromatic carbocycles. The summed E-state index contributed by atoms with van der Waals surface area (Å²) >= 11 is 0. The van der Waals surface area contributed by atoms with Gasteiger partial charge in [-0.15, -0.1) is 0 Å². The summed E-state index contributed by atoms with van der Waals surface area (Å²) in [6.07, 6.45) is 0. The molecule has 0 amide bonds. The molecule has 2 N–H and O–H groups in total. The van der Waals surface area contributed by atoms with Crippen molar-refractivity contribution in [1.82, 2.24) is 5.32 Å². The fraction of sp³-hybridized carbons (Fsp3) is 0.667. The van der Waals surface area contributed by atoms with Gasteiger partial charge in [-0.25, -0.2) is 0 Å². The molecule has 0 unspecified atom stereocenters. The Balaban J connectivity index is 3.55.